The van der Waals surface area contributed by atoms with E-state index in [0.717, 1.165) is 54.6 Å². The number of amidine groups is 1. The van der Waals surface area contributed by atoms with E-state index in [1.807, 2.05) is 19.1 Å². The first-order valence-corrected chi connectivity index (χ1v) is 12.5. The van der Waals surface area contributed by atoms with Gasteiger partial charge >= 0.3 is 0 Å². The Morgan fingerprint density at radius 2 is 2.06 bits per heavy atom. The van der Waals surface area contributed by atoms with Crippen molar-refractivity contribution in [2.24, 2.45) is 15.0 Å². The van der Waals surface area contributed by atoms with Crippen molar-refractivity contribution >= 4 is 41.9 Å². The van der Waals surface area contributed by atoms with E-state index in [-0.39, 0.29) is 18.3 Å². The fourth-order valence-electron chi connectivity index (χ4n) is 3.65. The van der Waals surface area contributed by atoms with Crippen molar-refractivity contribution in [3.8, 4) is 5.75 Å². The highest BCUT2D eigenvalue weighted by Gasteiger charge is 2.17. The molecule has 0 atom stereocenters. The van der Waals surface area contributed by atoms with E-state index in [9.17, 15) is 4.39 Å². The minimum Gasteiger partial charge on any atom is -0.468 e. The minimum atomic E-state index is -0.389. The molecule has 1 aliphatic heterocycles. The Morgan fingerprint density at radius 1 is 1.29 bits per heavy atom. The highest BCUT2D eigenvalue weighted by atomic mass is 32.2. The van der Waals surface area contributed by atoms with Gasteiger partial charge < -0.3 is 24.8 Å². The molecule has 1 fully saturated rings. The summed E-state index contributed by atoms with van der Waals surface area (Å²) in [6, 6.07) is 5.21. The van der Waals surface area contributed by atoms with Gasteiger partial charge in [0, 0.05) is 60.0 Å². The molecule has 0 aliphatic carbocycles. The second-order valence-electron chi connectivity index (χ2n) is 8.16. The van der Waals surface area contributed by atoms with Crippen LogP contribution in [-0.4, -0.2) is 79.9 Å². The predicted octanol–water partition coefficient (Wildman–Crippen LogP) is 4.37. The zero-order chi connectivity index (χ0) is 25.2. The van der Waals surface area contributed by atoms with E-state index in [1.165, 1.54) is 0 Å². The molecule has 1 saturated heterocycles. The number of nitrogens with one attached hydrogen (secondary N) is 2. The zero-order valence-corrected chi connectivity index (χ0v) is 21.5. The molecule has 3 rings (SSSR count). The van der Waals surface area contributed by atoms with Crippen LogP contribution in [0, 0.1) is 12.7 Å². The summed E-state index contributed by atoms with van der Waals surface area (Å²) in [4.78, 5) is 21.3. The van der Waals surface area contributed by atoms with E-state index in [1.54, 1.807) is 30.1 Å². The van der Waals surface area contributed by atoms with Crippen LogP contribution in [0.4, 0.5) is 4.39 Å². The molecule has 8 nitrogen and oxygen atoms in total. The number of halogens is 1. The number of H-pyrrole nitrogens is 1. The second kappa shape index (κ2) is 13.1. The van der Waals surface area contributed by atoms with Crippen molar-refractivity contribution in [2.45, 2.75) is 20.3 Å². The Labute approximate surface area is 210 Å². The van der Waals surface area contributed by atoms with Crippen molar-refractivity contribution in [2.75, 3.05) is 45.8 Å². The average molecular weight is 500 g/mol. The van der Waals surface area contributed by atoms with Crippen LogP contribution >= 0.6 is 11.8 Å². The summed E-state index contributed by atoms with van der Waals surface area (Å²) < 4.78 is 20.6. The van der Waals surface area contributed by atoms with Gasteiger partial charge in [-0.15, -0.1) is 11.8 Å². The van der Waals surface area contributed by atoms with Crippen LogP contribution in [0.15, 0.2) is 56.2 Å². The number of fused-ring (bicyclic) bond motifs is 1. The lowest BCUT2D eigenvalue weighted by Crippen LogP contribution is -2.47. The molecule has 188 valence electrons. The largest absolute Gasteiger partial charge is 0.468 e. The van der Waals surface area contributed by atoms with Crippen LogP contribution < -0.4 is 10.1 Å². The van der Waals surface area contributed by atoms with Crippen molar-refractivity contribution in [3.05, 3.63) is 52.7 Å². The molecule has 0 radical (unpaired) electrons. The van der Waals surface area contributed by atoms with Crippen molar-refractivity contribution in [3.63, 3.8) is 0 Å². The van der Waals surface area contributed by atoms with Crippen LogP contribution in [0.25, 0.3) is 10.9 Å². The lowest BCUT2D eigenvalue weighted by Gasteiger charge is -2.33. The van der Waals surface area contributed by atoms with Gasteiger partial charge in [0.1, 0.15) is 11.7 Å². The van der Waals surface area contributed by atoms with Crippen molar-refractivity contribution in [1.82, 2.24) is 20.1 Å². The van der Waals surface area contributed by atoms with Crippen molar-refractivity contribution in [1.29, 1.82) is 0 Å². The van der Waals surface area contributed by atoms with Crippen LogP contribution in [0.5, 0.6) is 5.75 Å². The second-order valence-corrected chi connectivity index (χ2v) is 9.26. The summed E-state index contributed by atoms with van der Waals surface area (Å²) in [7, 11) is 2.10. The third-order valence-electron chi connectivity index (χ3n) is 5.64. The summed E-state index contributed by atoms with van der Waals surface area (Å²) >= 11 is 1.63. The standard InChI is InChI=1S/C25H34FN7OS/c1-6-19(15-27-3)35-17-30-23(28-4)14-24(33-11-9-32(5)10-12-33)29-16-34-22-8-7-21-20(25(22)26)13-18(2)31-21/h7-8,13-15,30-31H,3-4,6,9-12,16-17H2,1-2,5H3/b19-15-,23-14+,29-24+. The predicted molar refractivity (Wildman–Crippen MR) is 146 cm³/mol. The van der Waals surface area contributed by atoms with Gasteiger partial charge in [0.15, 0.2) is 18.3 Å². The lowest BCUT2D eigenvalue weighted by atomic mass is 10.2. The number of hydrogen-bond acceptors (Lipinski definition) is 7. The highest BCUT2D eigenvalue weighted by Crippen LogP contribution is 2.27. The van der Waals surface area contributed by atoms with Crippen LogP contribution in [-0.2, 0) is 0 Å². The van der Waals surface area contributed by atoms with E-state index < -0.39 is 0 Å². The van der Waals surface area contributed by atoms with Crippen molar-refractivity contribution < 1.29 is 9.13 Å². The maximum atomic E-state index is 14.9. The number of allylic oxidation sites excluding steroid dienone is 1. The number of likely N-dealkylation sites (N-methyl/N-ethyl adjacent to an activating group) is 1. The maximum Gasteiger partial charge on any atom is 0.181 e. The molecule has 2 aromatic rings. The fraction of sp³-hybridized carbons (Fsp3) is 0.400. The molecule has 2 N–H and O–H groups in total. The zero-order valence-electron chi connectivity index (χ0n) is 20.7. The molecule has 10 heteroatoms. The minimum absolute atomic E-state index is 0.0170. The quantitative estimate of drug-likeness (QED) is 0.273. The molecule has 1 aromatic carbocycles. The van der Waals surface area contributed by atoms with Crippen LogP contribution in [0.3, 0.4) is 0 Å². The van der Waals surface area contributed by atoms with Gasteiger partial charge in [-0.1, -0.05) is 6.92 Å². The maximum absolute atomic E-state index is 14.9. The SMILES string of the molecule is C=N/C=C(/CC)SCN/C(=C/C(=N\COc1ccc2[nH]c(C)cc2c1F)N1CCN(C)CC1)N=C. The summed E-state index contributed by atoms with van der Waals surface area (Å²) in [5.41, 5.74) is 1.64. The molecular weight excluding hydrogens is 465 g/mol. The summed E-state index contributed by atoms with van der Waals surface area (Å²) in [6.07, 6.45) is 4.50. The third-order valence-corrected chi connectivity index (χ3v) is 6.70. The first-order valence-electron chi connectivity index (χ1n) is 11.5. The Balaban J connectivity index is 1.74. The Bertz CT molecular complexity index is 1120. The van der Waals surface area contributed by atoms with Crippen LogP contribution in [0.1, 0.15) is 19.0 Å². The third kappa shape index (κ3) is 7.43. The summed E-state index contributed by atoms with van der Waals surface area (Å²) in [6.45, 7) is 14.6. The first kappa shape index (κ1) is 26.5. The smallest absolute Gasteiger partial charge is 0.181 e. The van der Waals surface area contributed by atoms with Gasteiger partial charge in [0.25, 0.3) is 0 Å². The van der Waals surface area contributed by atoms with Gasteiger partial charge in [-0.2, -0.15) is 0 Å². The molecule has 0 amide bonds. The van der Waals surface area contributed by atoms with E-state index in [0.29, 0.717) is 17.1 Å². The Hall–Kier alpha value is -3.11. The number of aliphatic imine (C=N–C) groups is 3. The molecule has 35 heavy (non-hydrogen) atoms. The molecule has 2 heterocycles. The van der Waals surface area contributed by atoms with E-state index >= 15 is 0 Å². The molecular formula is C25H34FN7OS. The number of hydrogen-bond donors (Lipinski definition) is 2. The number of benzene rings is 1. The number of nitrogens with zero attached hydrogens (tertiary/aromatic N) is 5. The number of aromatic nitrogens is 1. The highest BCUT2D eigenvalue weighted by molar-refractivity contribution is 8.03. The lowest BCUT2D eigenvalue weighted by molar-refractivity contribution is 0.214. The molecule has 0 unspecified atom stereocenters. The molecule has 1 aliphatic rings. The van der Waals surface area contributed by atoms with E-state index in [4.69, 9.17) is 4.74 Å². The number of aryl methyl sites for hydroxylation is 1. The Kier molecular flexibility index (Phi) is 9.92. The molecule has 0 bridgehead atoms. The molecule has 1 aromatic heterocycles. The van der Waals surface area contributed by atoms with Crippen LogP contribution in [0.2, 0.25) is 0 Å². The summed E-state index contributed by atoms with van der Waals surface area (Å²) in [5, 5.41) is 3.79. The number of ether oxygens (including phenoxy) is 1. The summed E-state index contributed by atoms with van der Waals surface area (Å²) in [5.74, 6) is 1.71. The normalized spacial score (nSPS) is 16.0. The molecule has 0 saturated carbocycles. The van der Waals surface area contributed by atoms with Gasteiger partial charge in [-0.3, -0.25) is 4.99 Å². The topological polar surface area (TPSA) is 80.6 Å². The van der Waals surface area contributed by atoms with Gasteiger partial charge in [-0.05, 0) is 52.0 Å². The monoisotopic (exact) mass is 499 g/mol. The fourth-order valence-corrected chi connectivity index (χ4v) is 4.41. The number of thioether (sulfide) groups is 1. The average Bonchev–Trinajstić information content (AvgIpc) is 3.25. The number of piperazine rings is 1. The number of aromatic amines is 1. The number of rotatable bonds is 11. The van der Waals surface area contributed by atoms with Gasteiger partial charge in [0.2, 0.25) is 0 Å². The molecule has 0 spiro atoms. The van der Waals surface area contributed by atoms with Gasteiger partial charge in [-0.25, -0.2) is 14.4 Å². The van der Waals surface area contributed by atoms with Gasteiger partial charge in [0.05, 0.1) is 5.88 Å². The first-order chi connectivity index (χ1) is 16.9. The van der Waals surface area contributed by atoms with E-state index in [2.05, 4.69) is 62.5 Å². The Morgan fingerprint density at radius 3 is 2.74 bits per heavy atom.